The van der Waals surface area contributed by atoms with Crippen LogP contribution in [-0.4, -0.2) is 124 Å². The fourth-order valence-electron chi connectivity index (χ4n) is 10.7. The molecule has 420 valence electrons. The van der Waals surface area contributed by atoms with Crippen LogP contribution < -0.4 is 44.7 Å². The number of carbonyl (C=O) groups is 7. The molecule has 0 radical (unpaired) electrons. The summed E-state index contributed by atoms with van der Waals surface area (Å²) in [5.41, 5.74) is 4.21. The number of aliphatic imine (C=N–C) groups is 1. The molecule has 5 aliphatic rings. The van der Waals surface area contributed by atoms with Gasteiger partial charge in [0.05, 0.1) is 81.7 Å². The Bertz CT molecular complexity index is 3120. The topological polar surface area (TPSA) is 233 Å². The molecule has 4 aromatic rings. The number of unbranched alkanes of at least 4 members (excludes halogenated alkanes) is 1. The third-order valence-electron chi connectivity index (χ3n) is 14.9. The molecule has 6 atom stereocenters. The third kappa shape index (κ3) is 12.3. The van der Waals surface area contributed by atoms with Crippen molar-refractivity contribution in [3.8, 4) is 23.0 Å². The minimum atomic E-state index is -0.960. The van der Waals surface area contributed by atoms with E-state index in [4.69, 9.17) is 28.7 Å². The van der Waals surface area contributed by atoms with Gasteiger partial charge in [0.1, 0.15) is 18.7 Å². The highest BCUT2D eigenvalue weighted by molar-refractivity contribution is 6.14. The van der Waals surface area contributed by atoms with E-state index in [0.29, 0.717) is 65.4 Å². The molecule has 1 fully saturated rings. The number of nitrogens with one attached hydrogen (secondary N) is 3. The van der Waals surface area contributed by atoms with Crippen LogP contribution in [0.15, 0.2) is 102 Å². The second-order valence-electron chi connectivity index (χ2n) is 20.6. The maximum Gasteiger partial charge on any atom is 0.414 e. The van der Waals surface area contributed by atoms with Gasteiger partial charge >= 0.3 is 12.1 Å². The van der Waals surface area contributed by atoms with Gasteiger partial charge in [-0.15, -0.1) is 0 Å². The van der Waals surface area contributed by atoms with Gasteiger partial charge in [-0.1, -0.05) is 68.5 Å². The van der Waals surface area contributed by atoms with Gasteiger partial charge < -0.3 is 54.2 Å². The Morgan fingerprint density at radius 1 is 0.738 bits per heavy atom. The summed E-state index contributed by atoms with van der Waals surface area (Å²) in [6.07, 6.45) is 12.3. The van der Waals surface area contributed by atoms with Crippen LogP contribution in [0.1, 0.15) is 91.1 Å². The number of para-hydroxylation sites is 1. The highest BCUT2D eigenvalue weighted by Crippen LogP contribution is 2.44. The Kier molecular flexibility index (Phi) is 17.5. The largest absolute Gasteiger partial charge is 0.493 e. The third-order valence-corrected chi connectivity index (χ3v) is 14.9. The van der Waals surface area contributed by atoms with Crippen LogP contribution in [-0.2, 0) is 41.7 Å². The van der Waals surface area contributed by atoms with Gasteiger partial charge in [-0.05, 0) is 80.0 Å². The van der Waals surface area contributed by atoms with Crippen LogP contribution in [0, 0.1) is 11.8 Å². The van der Waals surface area contributed by atoms with Crippen LogP contribution in [0.3, 0.4) is 0 Å². The Balaban J connectivity index is 0.828. The molecule has 1 saturated heterocycles. The molecule has 1 aliphatic carbocycles. The first kappa shape index (κ1) is 56.1. The standard InChI is InChI=1S/C60H67N7O13/c1-35(2)55(64-53(68)18-11-12-19-54(69)77-6)57(71)62-36(3)56(70)63-40-22-20-37(21-23-40)34-80-60(74)65-33-42-27-39-15-8-10-17-47(39)67(42)59(73)44-29-50(76-5)52(31-48(44)65)79-25-13-24-78-51-30-45-43(28-49(51)75-4)58(72)66-41(32-61-45)26-38-14-7-9-16-46(38)66/h7-10,14-17,20-23,28-32,35-36,38,41-42,46,55H,11-13,18-19,24-27,33-34H2,1-6H3,(H,62,71)(H,63,70)(H,64,68)/t36-,38?,41?,42+,46?,55-/m1/s1. The molecular weight excluding hydrogens is 1030 g/mol. The summed E-state index contributed by atoms with van der Waals surface area (Å²) in [5.74, 6) is -0.768. The molecule has 0 spiro atoms. The molecule has 20 heteroatoms. The number of benzene rings is 4. The summed E-state index contributed by atoms with van der Waals surface area (Å²) in [5, 5.41) is 8.22. The molecule has 0 aromatic heterocycles. The monoisotopic (exact) mass is 1090 g/mol. The van der Waals surface area contributed by atoms with Crippen molar-refractivity contribution in [2.45, 2.75) is 103 Å². The molecule has 3 N–H and O–H groups in total. The summed E-state index contributed by atoms with van der Waals surface area (Å²) in [6.45, 7) is 5.43. The molecule has 4 aromatic carbocycles. The second kappa shape index (κ2) is 25.0. The lowest BCUT2D eigenvalue weighted by atomic mass is 9.95. The lowest BCUT2D eigenvalue weighted by molar-refractivity contribution is -0.140. The van der Waals surface area contributed by atoms with Gasteiger partial charge in [-0.25, -0.2) is 4.79 Å². The lowest BCUT2D eigenvalue weighted by Crippen LogP contribution is -2.53. The van der Waals surface area contributed by atoms with Crippen molar-refractivity contribution >= 4 is 70.6 Å². The molecule has 0 bridgehead atoms. The normalized spacial score (nSPS) is 19.0. The zero-order valence-corrected chi connectivity index (χ0v) is 45.7. The number of carbonyl (C=O) groups excluding carboxylic acids is 7. The number of fused-ring (bicyclic) bond motifs is 8. The number of anilines is 3. The summed E-state index contributed by atoms with van der Waals surface area (Å²) >= 11 is 0. The average Bonchev–Trinajstić information content (AvgIpc) is 4.17. The molecule has 0 saturated carbocycles. The number of hydrogen-bond donors (Lipinski definition) is 3. The lowest BCUT2D eigenvalue weighted by Gasteiger charge is -2.28. The number of ether oxygens (including phenoxy) is 6. The summed E-state index contributed by atoms with van der Waals surface area (Å²) in [4.78, 5) is 103. The number of nitrogens with zero attached hydrogens (tertiary/aromatic N) is 4. The average molecular weight is 1090 g/mol. The summed E-state index contributed by atoms with van der Waals surface area (Å²) < 4.78 is 34.6. The van der Waals surface area contributed by atoms with Crippen molar-refractivity contribution in [3.05, 3.63) is 119 Å². The molecule has 9 rings (SSSR count). The number of esters is 1. The van der Waals surface area contributed by atoms with Crippen molar-refractivity contribution in [2.24, 2.45) is 16.8 Å². The van der Waals surface area contributed by atoms with Gasteiger partial charge in [-0.3, -0.25) is 38.7 Å². The fraction of sp³-hybridized carbons (Fsp3) is 0.400. The van der Waals surface area contributed by atoms with Crippen molar-refractivity contribution in [2.75, 3.05) is 56.2 Å². The minimum absolute atomic E-state index is 0.0384. The first-order chi connectivity index (χ1) is 38.6. The zero-order valence-electron chi connectivity index (χ0n) is 45.7. The van der Waals surface area contributed by atoms with Gasteiger partial charge in [0.2, 0.25) is 17.7 Å². The number of hydrogen-bond acceptors (Lipinski definition) is 14. The van der Waals surface area contributed by atoms with Gasteiger partial charge in [0.25, 0.3) is 11.8 Å². The number of methoxy groups -OCH3 is 3. The first-order valence-corrected chi connectivity index (χ1v) is 27.0. The number of rotatable bonds is 21. The maximum absolute atomic E-state index is 14.6. The smallest absolute Gasteiger partial charge is 0.414 e. The highest BCUT2D eigenvalue weighted by atomic mass is 16.6. The quantitative estimate of drug-likeness (QED) is 0.0539. The van der Waals surface area contributed by atoms with E-state index in [-0.39, 0.29) is 104 Å². The van der Waals surface area contributed by atoms with Crippen LogP contribution in [0.2, 0.25) is 0 Å². The predicted octanol–water partition coefficient (Wildman–Crippen LogP) is 7.64. The minimum Gasteiger partial charge on any atom is -0.493 e. The van der Waals surface area contributed by atoms with E-state index in [1.165, 1.54) is 33.2 Å². The van der Waals surface area contributed by atoms with Gasteiger partial charge in [0.15, 0.2) is 23.0 Å². The number of allylic oxidation sites excluding steroid dienone is 2. The van der Waals surface area contributed by atoms with E-state index in [9.17, 15) is 33.6 Å². The van der Waals surface area contributed by atoms with Crippen LogP contribution in [0.4, 0.5) is 27.5 Å². The molecule has 80 heavy (non-hydrogen) atoms. The molecular formula is C60H67N7O13. The second-order valence-corrected chi connectivity index (χ2v) is 20.6. The highest BCUT2D eigenvalue weighted by Gasteiger charge is 2.45. The zero-order chi connectivity index (χ0) is 56.6. The van der Waals surface area contributed by atoms with E-state index >= 15 is 0 Å². The van der Waals surface area contributed by atoms with Gasteiger partial charge in [0, 0.05) is 54.9 Å². The van der Waals surface area contributed by atoms with Crippen molar-refractivity contribution in [1.82, 2.24) is 15.5 Å². The maximum atomic E-state index is 14.6. The van der Waals surface area contributed by atoms with Crippen LogP contribution in [0.5, 0.6) is 23.0 Å². The molecule has 4 aliphatic heterocycles. The van der Waals surface area contributed by atoms with E-state index in [1.807, 2.05) is 47.5 Å². The Labute approximate surface area is 464 Å². The van der Waals surface area contributed by atoms with Crippen molar-refractivity contribution in [3.63, 3.8) is 0 Å². The van der Waals surface area contributed by atoms with Crippen molar-refractivity contribution in [1.29, 1.82) is 0 Å². The van der Waals surface area contributed by atoms with E-state index < -0.39 is 36.0 Å². The van der Waals surface area contributed by atoms with E-state index in [1.54, 1.807) is 67.3 Å². The Morgan fingerprint density at radius 3 is 2.16 bits per heavy atom. The van der Waals surface area contributed by atoms with Crippen LogP contribution >= 0.6 is 0 Å². The number of amides is 6. The summed E-state index contributed by atoms with van der Waals surface area (Å²) in [6, 6.07) is 18.5. The fourth-order valence-corrected chi connectivity index (χ4v) is 10.7. The first-order valence-electron chi connectivity index (χ1n) is 27.0. The Hall–Kier alpha value is -8.68. The molecule has 20 nitrogen and oxygen atoms in total. The Morgan fingerprint density at radius 2 is 1.44 bits per heavy atom. The van der Waals surface area contributed by atoms with Gasteiger partial charge in [-0.2, -0.15) is 0 Å². The SMILES string of the molecule is COC(=O)CCCCC(=O)N[C@@H](C(=O)N[C@H](C)C(=O)Nc1ccc(COC(=O)N2C[C@@H]3Cc4ccccc4N3C(=O)c3cc(OC)c(OCCCOc4cc5c(cc4OC)C(=O)N4C(C=N5)CC5C=CC=CC54)cc32)cc1)C(C)C. The van der Waals surface area contributed by atoms with E-state index in [0.717, 1.165) is 17.7 Å². The van der Waals surface area contributed by atoms with E-state index in [2.05, 4.69) is 32.8 Å². The summed E-state index contributed by atoms with van der Waals surface area (Å²) in [7, 11) is 4.30. The molecule has 4 heterocycles. The van der Waals surface area contributed by atoms with Crippen LogP contribution in [0.25, 0.3) is 0 Å². The predicted molar refractivity (Wildman–Crippen MR) is 298 cm³/mol. The van der Waals surface area contributed by atoms with Crippen molar-refractivity contribution < 1.29 is 62.0 Å². The molecule has 3 unspecified atom stereocenters. The molecule has 6 amide bonds.